The third-order valence-electron chi connectivity index (χ3n) is 4.54. The molecule has 0 spiro atoms. The highest BCUT2D eigenvalue weighted by Crippen LogP contribution is 2.27. The van der Waals surface area contributed by atoms with E-state index < -0.39 is 0 Å². The monoisotopic (exact) mass is 295 g/mol. The Bertz CT molecular complexity index is 429. The molecule has 0 radical (unpaired) electrons. The highest BCUT2D eigenvalue weighted by molar-refractivity contribution is 7.11. The second kappa shape index (κ2) is 7.01. The van der Waals surface area contributed by atoms with Gasteiger partial charge in [0.15, 0.2) is 0 Å². The molecule has 0 aliphatic carbocycles. The number of aromatic nitrogens is 1. The van der Waals surface area contributed by atoms with Crippen LogP contribution in [0.4, 0.5) is 0 Å². The molecule has 3 unspecified atom stereocenters. The van der Waals surface area contributed by atoms with Crippen LogP contribution in [0.1, 0.15) is 55.2 Å². The Morgan fingerprint density at radius 3 is 2.75 bits per heavy atom. The molecule has 1 fully saturated rings. The van der Waals surface area contributed by atoms with Gasteiger partial charge in [-0.15, -0.1) is 11.3 Å². The molecular weight excluding hydrogens is 266 g/mol. The first-order valence-electron chi connectivity index (χ1n) is 7.93. The standard InChI is InChI=1S/C16H29N3S/c1-6-19-9-7-8-15(10-19)11(2)17-12(3)16-13(4)18-14(5)20-16/h11-12,15,17H,6-10H2,1-5H3. The van der Waals surface area contributed by atoms with Crippen molar-refractivity contribution in [3.63, 3.8) is 0 Å². The molecule has 2 rings (SSSR count). The van der Waals surface area contributed by atoms with E-state index in [0.29, 0.717) is 12.1 Å². The number of aryl methyl sites for hydroxylation is 2. The molecule has 1 aliphatic heterocycles. The maximum absolute atomic E-state index is 4.55. The minimum atomic E-state index is 0.410. The van der Waals surface area contributed by atoms with Gasteiger partial charge < -0.3 is 10.2 Å². The normalized spacial score (nSPS) is 23.8. The third-order valence-corrected chi connectivity index (χ3v) is 5.80. The summed E-state index contributed by atoms with van der Waals surface area (Å²) in [7, 11) is 0. The lowest BCUT2D eigenvalue weighted by Gasteiger charge is -2.36. The molecule has 0 saturated carbocycles. The summed E-state index contributed by atoms with van der Waals surface area (Å²) >= 11 is 1.83. The molecule has 3 atom stereocenters. The highest BCUT2D eigenvalue weighted by Gasteiger charge is 2.25. The average Bonchev–Trinajstić information content (AvgIpc) is 2.77. The first-order chi connectivity index (χ1) is 9.51. The molecule has 2 heterocycles. The Kier molecular flexibility index (Phi) is 5.58. The van der Waals surface area contributed by atoms with Gasteiger partial charge in [-0.25, -0.2) is 4.98 Å². The lowest BCUT2D eigenvalue weighted by atomic mass is 9.91. The first kappa shape index (κ1) is 15.9. The molecule has 1 aromatic rings. The molecule has 3 nitrogen and oxygen atoms in total. The van der Waals surface area contributed by atoms with Gasteiger partial charge in [-0.2, -0.15) is 0 Å². The van der Waals surface area contributed by atoms with E-state index in [0.717, 1.165) is 5.92 Å². The summed E-state index contributed by atoms with van der Waals surface area (Å²) in [5.74, 6) is 0.778. The summed E-state index contributed by atoms with van der Waals surface area (Å²) in [4.78, 5) is 8.53. The van der Waals surface area contributed by atoms with Crippen LogP contribution in [0.5, 0.6) is 0 Å². The van der Waals surface area contributed by atoms with Gasteiger partial charge >= 0.3 is 0 Å². The Balaban J connectivity index is 1.93. The number of hydrogen-bond acceptors (Lipinski definition) is 4. The smallest absolute Gasteiger partial charge is 0.0900 e. The van der Waals surface area contributed by atoms with Crippen LogP contribution in [0.15, 0.2) is 0 Å². The Morgan fingerprint density at radius 2 is 2.15 bits per heavy atom. The van der Waals surface area contributed by atoms with E-state index in [1.807, 2.05) is 11.3 Å². The van der Waals surface area contributed by atoms with E-state index in [9.17, 15) is 0 Å². The van der Waals surface area contributed by atoms with Crippen LogP contribution in [0, 0.1) is 19.8 Å². The molecule has 1 saturated heterocycles. The summed E-state index contributed by atoms with van der Waals surface area (Å²) in [6.45, 7) is 14.8. The van der Waals surface area contributed by atoms with Crippen molar-refractivity contribution in [2.45, 2.75) is 59.5 Å². The zero-order valence-electron chi connectivity index (χ0n) is 13.6. The number of hydrogen-bond donors (Lipinski definition) is 1. The van der Waals surface area contributed by atoms with Crippen molar-refractivity contribution in [3.05, 3.63) is 15.6 Å². The predicted octanol–water partition coefficient (Wildman–Crippen LogP) is 3.53. The van der Waals surface area contributed by atoms with Gasteiger partial charge in [0, 0.05) is 23.5 Å². The molecule has 0 amide bonds. The number of piperidine rings is 1. The van der Waals surface area contributed by atoms with E-state index in [1.165, 1.54) is 48.1 Å². The Hall–Kier alpha value is -0.450. The molecule has 4 heteroatoms. The van der Waals surface area contributed by atoms with Crippen molar-refractivity contribution in [1.82, 2.24) is 15.2 Å². The molecule has 1 N–H and O–H groups in total. The van der Waals surface area contributed by atoms with Crippen molar-refractivity contribution < 1.29 is 0 Å². The van der Waals surface area contributed by atoms with Crippen LogP contribution in [-0.2, 0) is 0 Å². The fourth-order valence-electron chi connectivity index (χ4n) is 3.34. The van der Waals surface area contributed by atoms with Crippen LogP contribution >= 0.6 is 11.3 Å². The topological polar surface area (TPSA) is 28.2 Å². The summed E-state index contributed by atoms with van der Waals surface area (Å²) in [6.07, 6.45) is 2.70. The first-order valence-corrected chi connectivity index (χ1v) is 8.75. The summed E-state index contributed by atoms with van der Waals surface area (Å²) in [6, 6.07) is 0.981. The third kappa shape index (κ3) is 3.80. The van der Waals surface area contributed by atoms with Crippen molar-refractivity contribution >= 4 is 11.3 Å². The average molecular weight is 295 g/mol. The number of likely N-dealkylation sites (tertiary alicyclic amines) is 1. The molecule has 1 aromatic heterocycles. The molecule has 114 valence electrons. The van der Waals surface area contributed by atoms with Gasteiger partial charge in [0.25, 0.3) is 0 Å². The van der Waals surface area contributed by atoms with E-state index >= 15 is 0 Å². The molecule has 20 heavy (non-hydrogen) atoms. The second-order valence-electron chi connectivity index (χ2n) is 6.16. The van der Waals surface area contributed by atoms with Crippen molar-refractivity contribution in [2.24, 2.45) is 5.92 Å². The van der Waals surface area contributed by atoms with Gasteiger partial charge in [-0.1, -0.05) is 6.92 Å². The lowest BCUT2D eigenvalue weighted by Crippen LogP contribution is -2.44. The van der Waals surface area contributed by atoms with Crippen LogP contribution in [0.25, 0.3) is 0 Å². The predicted molar refractivity (Wildman–Crippen MR) is 87.4 cm³/mol. The van der Waals surface area contributed by atoms with Crippen LogP contribution in [0.2, 0.25) is 0 Å². The maximum atomic E-state index is 4.55. The minimum absolute atomic E-state index is 0.410. The second-order valence-corrected chi connectivity index (χ2v) is 7.39. The molecular formula is C16H29N3S. The summed E-state index contributed by atoms with van der Waals surface area (Å²) in [5.41, 5.74) is 1.19. The SMILES string of the molecule is CCN1CCCC(C(C)NC(C)c2sc(C)nc2C)C1. The van der Waals surface area contributed by atoms with E-state index in [2.05, 4.69) is 49.8 Å². The van der Waals surface area contributed by atoms with Crippen LogP contribution in [0.3, 0.4) is 0 Å². The Labute approximate surface area is 127 Å². The maximum Gasteiger partial charge on any atom is 0.0900 e. The van der Waals surface area contributed by atoms with Gasteiger partial charge in [0.1, 0.15) is 0 Å². The van der Waals surface area contributed by atoms with Gasteiger partial charge in [0.05, 0.1) is 10.7 Å². The van der Waals surface area contributed by atoms with Gasteiger partial charge in [-0.3, -0.25) is 0 Å². The van der Waals surface area contributed by atoms with Gasteiger partial charge in [0.2, 0.25) is 0 Å². The number of thiazole rings is 1. The van der Waals surface area contributed by atoms with Crippen molar-refractivity contribution in [3.8, 4) is 0 Å². The van der Waals surface area contributed by atoms with Crippen molar-refractivity contribution in [1.29, 1.82) is 0 Å². The van der Waals surface area contributed by atoms with Crippen LogP contribution < -0.4 is 5.32 Å². The van der Waals surface area contributed by atoms with E-state index in [1.54, 1.807) is 0 Å². The van der Waals surface area contributed by atoms with Gasteiger partial charge in [-0.05, 0) is 59.5 Å². The number of rotatable bonds is 5. The number of nitrogens with zero attached hydrogens (tertiary/aromatic N) is 2. The zero-order valence-corrected chi connectivity index (χ0v) is 14.4. The summed E-state index contributed by atoms with van der Waals surface area (Å²) in [5, 5.41) is 4.98. The largest absolute Gasteiger partial charge is 0.307 e. The number of nitrogens with one attached hydrogen (secondary N) is 1. The van der Waals surface area contributed by atoms with Crippen LogP contribution in [-0.4, -0.2) is 35.6 Å². The van der Waals surface area contributed by atoms with E-state index in [4.69, 9.17) is 0 Å². The molecule has 1 aliphatic rings. The highest BCUT2D eigenvalue weighted by atomic mass is 32.1. The Morgan fingerprint density at radius 1 is 1.40 bits per heavy atom. The zero-order chi connectivity index (χ0) is 14.7. The van der Waals surface area contributed by atoms with E-state index in [-0.39, 0.29) is 0 Å². The lowest BCUT2D eigenvalue weighted by molar-refractivity contribution is 0.153. The minimum Gasteiger partial charge on any atom is -0.307 e. The fraction of sp³-hybridized carbons (Fsp3) is 0.812. The quantitative estimate of drug-likeness (QED) is 0.900. The molecule has 0 aromatic carbocycles. The van der Waals surface area contributed by atoms with Crippen molar-refractivity contribution in [2.75, 3.05) is 19.6 Å². The fourth-order valence-corrected chi connectivity index (χ4v) is 4.28. The summed E-state index contributed by atoms with van der Waals surface area (Å²) < 4.78 is 0. The molecule has 0 bridgehead atoms.